The van der Waals surface area contributed by atoms with Crippen LogP contribution in [0.1, 0.15) is 20.3 Å². The van der Waals surface area contributed by atoms with Crippen LogP contribution in [0.3, 0.4) is 0 Å². The lowest BCUT2D eigenvalue weighted by molar-refractivity contribution is 0.0641. The highest BCUT2D eigenvalue weighted by atomic mass is 16.5. The molecule has 0 saturated heterocycles. The van der Waals surface area contributed by atoms with Gasteiger partial charge in [0.25, 0.3) is 0 Å². The zero-order valence-electron chi connectivity index (χ0n) is 10.5. The predicted octanol–water partition coefficient (Wildman–Crippen LogP) is 0.314. The van der Waals surface area contributed by atoms with Gasteiger partial charge in [-0.3, -0.25) is 0 Å². The third kappa shape index (κ3) is 7.73. The van der Waals surface area contributed by atoms with Crippen LogP contribution in [0.25, 0.3) is 0 Å². The summed E-state index contributed by atoms with van der Waals surface area (Å²) in [5, 5.41) is 12.6. The second-order valence-electron chi connectivity index (χ2n) is 4.05. The van der Waals surface area contributed by atoms with E-state index >= 15 is 0 Å². The standard InChI is InChI=1S/C11H26N2O2/c1-5-10(2)13(3)7-6-12-8-11(14)9-15-4/h10-12,14H,5-9H2,1-4H3. The molecule has 15 heavy (non-hydrogen) atoms. The van der Waals surface area contributed by atoms with E-state index < -0.39 is 6.10 Å². The molecule has 0 spiro atoms. The molecule has 0 fully saturated rings. The number of aliphatic hydroxyl groups excluding tert-OH is 1. The molecule has 2 atom stereocenters. The van der Waals surface area contributed by atoms with E-state index in [4.69, 9.17) is 4.74 Å². The summed E-state index contributed by atoms with van der Waals surface area (Å²) in [5.41, 5.74) is 0. The van der Waals surface area contributed by atoms with Crippen LogP contribution in [-0.4, -0.2) is 62.6 Å². The Labute approximate surface area is 93.6 Å². The van der Waals surface area contributed by atoms with E-state index in [1.54, 1.807) is 7.11 Å². The molecule has 4 nitrogen and oxygen atoms in total. The number of methoxy groups -OCH3 is 1. The zero-order chi connectivity index (χ0) is 11.7. The zero-order valence-corrected chi connectivity index (χ0v) is 10.5. The molecule has 0 aliphatic rings. The number of nitrogens with one attached hydrogen (secondary N) is 1. The molecule has 4 heteroatoms. The van der Waals surface area contributed by atoms with Crippen LogP contribution in [-0.2, 0) is 4.74 Å². The minimum Gasteiger partial charge on any atom is -0.389 e. The van der Waals surface area contributed by atoms with Crippen molar-refractivity contribution >= 4 is 0 Å². The number of hydrogen-bond acceptors (Lipinski definition) is 4. The summed E-state index contributed by atoms with van der Waals surface area (Å²) >= 11 is 0. The van der Waals surface area contributed by atoms with Gasteiger partial charge in [0.1, 0.15) is 0 Å². The van der Waals surface area contributed by atoms with Gasteiger partial charge < -0.3 is 20.1 Å². The van der Waals surface area contributed by atoms with Crippen LogP contribution in [0, 0.1) is 0 Å². The summed E-state index contributed by atoms with van der Waals surface area (Å²) in [5.74, 6) is 0. The SMILES string of the molecule is CCC(C)N(C)CCNCC(O)COC. The van der Waals surface area contributed by atoms with Crippen molar-refractivity contribution in [1.29, 1.82) is 0 Å². The van der Waals surface area contributed by atoms with Gasteiger partial charge in [0.15, 0.2) is 0 Å². The number of nitrogens with zero attached hydrogens (tertiary/aromatic N) is 1. The fraction of sp³-hybridized carbons (Fsp3) is 1.00. The normalized spacial score (nSPS) is 15.6. The van der Waals surface area contributed by atoms with Crippen LogP contribution in [0.15, 0.2) is 0 Å². The van der Waals surface area contributed by atoms with Gasteiger partial charge in [0.2, 0.25) is 0 Å². The van der Waals surface area contributed by atoms with Crippen LogP contribution in [0.4, 0.5) is 0 Å². The quantitative estimate of drug-likeness (QED) is 0.547. The van der Waals surface area contributed by atoms with Gasteiger partial charge in [0, 0.05) is 32.8 Å². The molecule has 92 valence electrons. The molecule has 0 aliphatic heterocycles. The second kappa shape index (κ2) is 9.09. The van der Waals surface area contributed by atoms with Crippen molar-refractivity contribution in [1.82, 2.24) is 10.2 Å². The summed E-state index contributed by atoms with van der Waals surface area (Å²) in [6.07, 6.45) is 0.770. The lowest BCUT2D eigenvalue weighted by atomic mass is 10.2. The largest absolute Gasteiger partial charge is 0.389 e. The minimum atomic E-state index is -0.399. The molecule has 0 bridgehead atoms. The molecule has 0 rings (SSSR count). The van der Waals surface area contributed by atoms with E-state index in [9.17, 15) is 5.11 Å². The van der Waals surface area contributed by atoms with Crippen molar-refractivity contribution in [3.8, 4) is 0 Å². The number of likely N-dealkylation sites (N-methyl/N-ethyl adjacent to an activating group) is 1. The first-order valence-electron chi connectivity index (χ1n) is 5.69. The summed E-state index contributed by atoms with van der Waals surface area (Å²) in [6, 6.07) is 0.621. The average Bonchev–Trinajstić information content (AvgIpc) is 2.23. The summed E-state index contributed by atoms with van der Waals surface area (Å²) < 4.78 is 4.84. The molecular weight excluding hydrogens is 192 g/mol. The molecule has 0 aromatic heterocycles. The van der Waals surface area contributed by atoms with Crippen molar-refractivity contribution in [2.75, 3.05) is 40.4 Å². The van der Waals surface area contributed by atoms with Gasteiger partial charge in [-0.2, -0.15) is 0 Å². The van der Waals surface area contributed by atoms with Gasteiger partial charge in [-0.05, 0) is 20.4 Å². The maximum Gasteiger partial charge on any atom is 0.0897 e. The lowest BCUT2D eigenvalue weighted by Crippen LogP contribution is -2.38. The lowest BCUT2D eigenvalue weighted by Gasteiger charge is -2.23. The van der Waals surface area contributed by atoms with E-state index in [1.165, 1.54) is 6.42 Å². The number of rotatable bonds is 9. The summed E-state index contributed by atoms with van der Waals surface area (Å²) in [7, 11) is 3.72. The molecule has 0 radical (unpaired) electrons. The highest BCUT2D eigenvalue weighted by molar-refractivity contribution is 4.64. The Balaban J connectivity index is 3.37. The van der Waals surface area contributed by atoms with Crippen LogP contribution >= 0.6 is 0 Å². The summed E-state index contributed by atoms with van der Waals surface area (Å²) in [4.78, 5) is 2.32. The highest BCUT2D eigenvalue weighted by Gasteiger charge is 2.06. The molecule has 0 saturated carbocycles. The van der Waals surface area contributed by atoms with Gasteiger partial charge >= 0.3 is 0 Å². The maximum absolute atomic E-state index is 9.37. The molecular formula is C11H26N2O2. The molecule has 0 aromatic rings. The fourth-order valence-corrected chi connectivity index (χ4v) is 1.31. The van der Waals surface area contributed by atoms with E-state index in [0.717, 1.165) is 13.1 Å². The Hall–Kier alpha value is -0.160. The van der Waals surface area contributed by atoms with Gasteiger partial charge in [0.05, 0.1) is 12.7 Å². The van der Waals surface area contributed by atoms with Crippen molar-refractivity contribution in [3.05, 3.63) is 0 Å². The fourth-order valence-electron chi connectivity index (χ4n) is 1.31. The molecule has 2 unspecified atom stereocenters. The van der Waals surface area contributed by atoms with E-state index in [-0.39, 0.29) is 0 Å². The molecule has 2 N–H and O–H groups in total. The first-order chi connectivity index (χ1) is 7.11. The van der Waals surface area contributed by atoms with E-state index in [0.29, 0.717) is 19.2 Å². The first-order valence-corrected chi connectivity index (χ1v) is 5.69. The smallest absolute Gasteiger partial charge is 0.0897 e. The van der Waals surface area contributed by atoms with Gasteiger partial charge in [-0.1, -0.05) is 6.92 Å². The highest BCUT2D eigenvalue weighted by Crippen LogP contribution is 1.97. The molecule has 0 heterocycles. The summed E-state index contributed by atoms with van der Waals surface area (Å²) in [6.45, 7) is 7.32. The third-order valence-electron chi connectivity index (χ3n) is 2.72. The molecule has 0 amide bonds. The topological polar surface area (TPSA) is 44.7 Å². The average molecular weight is 218 g/mol. The molecule has 0 aliphatic carbocycles. The second-order valence-corrected chi connectivity index (χ2v) is 4.05. The van der Waals surface area contributed by atoms with Crippen LogP contribution in [0.2, 0.25) is 0 Å². The maximum atomic E-state index is 9.37. The molecule has 0 aromatic carbocycles. The van der Waals surface area contributed by atoms with Gasteiger partial charge in [-0.25, -0.2) is 0 Å². The Kier molecular flexibility index (Phi) is 9.00. The number of hydrogen-bond donors (Lipinski definition) is 2. The van der Waals surface area contributed by atoms with Crippen molar-refractivity contribution < 1.29 is 9.84 Å². The van der Waals surface area contributed by atoms with Crippen LogP contribution < -0.4 is 5.32 Å². The Morgan fingerprint density at radius 3 is 2.67 bits per heavy atom. The third-order valence-corrected chi connectivity index (χ3v) is 2.72. The van der Waals surface area contributed by atoms with Crippen molar-refractivity contribution in [2.24, 2.45) is 0 Å². The van der Waals surface area contributed by atoms with E-state index in [1.807, 2.05) is 0 Å². The van der Waals surface area contributed by atoms with Gasteiger partial charge in [-0.15, -0.1) is 0 Å². The monoisotopic (exact) mass is 218 g/mol. The predicted molar refractivity (Wildman–Crippen MR) is 63.1 cm³/mol. The number of ether oxygens (including phenoxy) is 1. The Morgan fingerprint density at radius 1 is 1.47 bits per heavy atom. The van der Waals surface area contributed by atoms with Crippen LogP contribution in [0.5, 0.6) is 0 Å². The number of aliphatic hydroxyl groups is 1. The van der Waals surface area contributed by atoms with E-state index in [2.05, 4.69) is 31.1 Å². The Bertz CT molecular complexity index is 145. The van der Waals surface area contributed by atoms with Crippen molar-refractivity contribution in [2.45, 2.75) is 32.4 Å². The Morgan fingerprint density at radius 2 is 2.13 bits per heavy atom. The minimum absolute atomic E-state index is 0.397. The van der Waals surface area contributed by atoms with Crippen molar-refractivity contribution in [3.63, 3.8) is 0 Å². The first kappa shape index (κ1) is 14.8.